The minimum absolute atomic E-state index is 0.0185. The number of benzene rings is 1. The zero-order valence-corrected chi connectivity index (χ0v) is 10.6. The number of nitro groups is 1. The van der Waals surface area contributed by atoms with Crippen LogP contribution in [0.3, 0.4) is 0 Å². The normalized spacial score (nSPS) is 13.3. The van der Waals surface area contributed by atoms with Crippen LogP contribution in [0.25, 0.3) is 11.4 Å². The third-order valence-electron chi connectivity index (χ3n) is 2.92. The van der Waals surface area contributed by atoms with Gasteiger partial charge in [0.05, 0.1) is 10.6 Å². The van der Waals surface area contributed by atoms with E-state index in [1.807, 2.05) is 0 Å². The number of aromatic nitrogens is 2. The van der Waals surface area contributed by atoms with Crippen LogP contribution in [0.1, 0.15) is 11.3 Å². The third-order valence-corrected chi connectivity index (χ3v) is 3.89. The molecule has 2 aromatic rings. The molecule has 0 aliphatic carbocycles. The maximum Gasteiger partial charge on any atom is 0.270 e. The van der Waals surface area contributed by atoms with E-state index in [0.29, 0.717) is 28.5 Å². The van der Waals surface area contributed by atoms with E-state index < -0.39 is 4.92 Å². The van der Waals surface area contributed by atoms with Gasteiger partial charge in [0.1, 0.15) is 5.82 Å². The predicted molar refractivity (Wildman–Crippen MR) is 71.9 cm³/mol. The van der Waals surface area contributed by atoms with Crippen molar-refractivity contribution >= 4 is 17.4 Å². The summed E-state index contributed by atoms with van der Waals surface area (Å²) in [6, 6.07) is 6.09. The molecule has 96 valence electrons. The standard InChI is InChI=1S/C12H9N3O3S/c16-12-9-5-19-6-10(9)13-11(14-12)7-2-1-3-8(4-7)15(17)18/h1-4H,5-6H2,(H,13,14,16). The average molecular weight is 275 g/mol. The number of H-pyrrole nitrogens is 1. The number of nitro benzene ring substituents is 1. The van der Waals surface area contributed by atoms with Gasteiger partial charge in [-0.05, 0) is 0 Å². The summed E-state index contributed by atoms with van der Waals surface area (Å²) in [6.07, 6.45) is 0. The Labute approximate surface area is 112 Å². The van der Waals surface area contributed by atoms with Crippen molar-refractivity contribution in [3.63, 3.8) is 0 Å². The van der Waals surface area contributed by atoms with E-state index in [0.717, 1.165) is 5.69 Å². The number of nitrogens with zero attached hydrogens (tertiary/aromatic N) is 2. The third kappa shape index (κ3) is 2.12. The van der Waals surface area contributed by atoms with E-state index in [1.165, 1.54) is 12.1 Å². The van der Waals surface area contributed by atoms with Gasteiger partial charge in [-0.15, -0.1) is 0 Å². The van der Waals surface area contributed by atoms with Crippen LogP contribution >= 0.6 is 11.8 Å². The van der Waals surface area contributed by atoms with E-state index >= 15 is 0 Å². The molecule has 1 aromatic carbocycles. The molecule has 2 heterocycles. The Morgan fingerprint density at radius 2 is 2.21 bits per heavy atom. The van der Waals surface area contributed by atoms with Gasteiger partial charge in [0, 0.05) is 34.8 Å². The molecule has 0 fully saturated rings. The maximum absolute atomic E-state index is 11.9. The quantitative estimate of drug-likeness (QED) is 0.669. The Bertz CT molecular complexity index is 726. The molecule has 1 aromatic heterocycles. The van der Waals surface area contributed by atoms with Crippen molar-refractivity contribution in [2.75, 3.05) is 0 Å². The molecule has 6 nitrogen and oxygen atoms in total. The largest absolute Gasteiger partial charge is 0.306 e. The van der Waals surface area contributed by atoms with Crippen molar-refractivity contribution in [2.24, 2.45) is 0 Å². The molecule has 7 heteroatoms. The highest BCUT2D eigenvalue weighted by molar-refractivity contribution is 7.98. The number of rotatable bonds is 2. The van der Waals surface area contributed by atoms with E-state index in [9.17, 15) is 14.9 Å². The van der Waals surface area contributed by atoms with Crippen LogP contribution in [0.2, 0.25) is 0 Å². The first kappa shape index (κ1) is 11.9. The molecule has 0 spiro atoms. The number of non-ortho nitro benzene ring substituents is 1. The molecule has 0 radical (unpaired) electrons. The highest BCUT2D eigenvalue weighted by Gasteiger charge is 2.18. The average Bonchev–Trinajstić information content (AvgIpc) is 2.87. The fourth-order valence-electron chi connectivity index (χ4n) is 1.97. The van der Waals surface area contributed by atoms with Crippen molar-refractivity contribution < 1.29 is 4.92 Å². The maximum atomic E-state index is 11.9. The number of aromatic amines is 1. The fourth-order valence-corrected chi connectivity index (χ4v) is 3.00. The van der Waals surface area contributed by atoms with Crippen LogP contribution < -0.4 is 5.56 Å². The van der Waals surface area contributed by atoms with Gasteiger partial charge < -0.3 is 4.98 Å². The van der Waals surface area contributed by atoms with Crippen LogP contribution in [0, 0.1) is 10.1 Å². The lowest BCUT2D eigenvalue weighted by atomic mass is 10.1. The summed E-state index contributed by atoms with van der Waals surface area (Å²) in [5.41, 5.74) is 1.85. The second-order valence-electron chi connectivity index (χ2n) is 4.14. The number of hydrogen-bond acceptors (Lipinski definition) is 5. The molecular weight excluding hydrogens is 266 g/mol. The molecule has 1 N–H and O–H groups in total. The Morgan fingerprint density at radius 3 is 3.00 bits per heavy atom. The number of hydrogen-bond donors (Lipinski definition) is 1. The Hall–Kier alpha value is -2.15. The monoisotopic (exact) mass is 275 g/mol. The molecule has 0 saturated heterocycles. The minimum Gasteiger partial charge on any atom is -0.306 e. The second kappa shape index (κ2) is 4.51. The summed E-state index contributed by atoms with van der Waals surface area (Å²) in [5, 5.41) is 10.7. The van der Waals surface area contributed by atoms with Gasteiger partial charge in [0.15, 0.2) is 0 Å². The summed E-state index contributed by atoms with van der Waals surface area (Å²) < 4.78 is 0. The first-order valence-electron chi connectivity index (χ1n) is 5.60. The summed E-state index contributed by atoms with van der Waals surface area (Å²) in [7, 11) is 0. The minimum atomic E-state index is -0.467. The van der Waals surface area contributed by atoms with Crippen molar-refractivity contribution in [3.05, 3.63) is 56.0 Å². The SMILES string of the molecule is O=c1[nH]c(-c2cccc([N+](=O)[O-])c2)nc2c1CSC2. The van der Waals surface area contributed by atoms with Gasteiger partial charge in [-0.1, -0.05) is 12.1 Å². The Balaban J connectivity index is 2.12. The summed E-state index contributed by atoms with van der Waals surface area (Å²) in [5.74, 6) is 1.77. The first-order valence-corrected chi connectivity index (χ1v) is 6.75. The van der Waals surface area contributed by atoms with E-state index in [2.05, 4.69) is 9.97 Å². The smallest absolute Gasteiger partial charge is 0.270 e. The Kier molecular flexibility index (Phi) is 2.83. The van der Waals surface area contributed by atoms with E-state index in [1.54, 1.807) is 23.9 Å². The molecule has 0 amide bonds. The lowest BCUT2D eigenvalue weighted by molar-refractivity contribution is -0.384. The summed E-state index contributed by atoms with van der Waals surface area (Å²) in [6.45, 7) is 0. The molecule has 0 saturated carbocycles. The van der Waals surface area contributed by atoms with Gasteiger partial charge >= 0.3 is 0 Å². The van der Waals surface area contributed by atoms with Crippen molar-refractivity contribution in [1.82, 2.24) is 9.97 Å². The van der Waals surface area contributed by atoms with Gasteiger partial charge in [0.25, 0.3) is 11.2 Å². The molecule has 19 heavy (non-hydrogen) atoms. The molecule has 0 bridgehead atoms. The Morgan fingerprint density at radius 1 is 1.37 bits per heavy atom. The zero-order valence-electron chi connectivity index (χ0n) is 9.75. The van der Waals surface area contributed by atoms with Gasteiger partial charge in [-0.3, -0.25) is 14.9 Å². The molecule has 0 atom stereocenters. The second-order valence-corrected chi connectivity index (χ2v) is 5.13. The summed E-state index contributed by atoms with van der Waals surface area (Å²) >= 11 is 1.64. The summed E-state index contributed by atoms with van der Waals surface area (Å²) in [4.78, 5) is 29.2. The van der Waals surface area contributed by atoms with Crippen LogP contribution in [-0.2, 0) is 11.5 Å². The highest BCUT2D eigenvalue weighted by Crippen LogP contribution is 2.27. The van der Waals surface area contributed by atoms with Crippen molar-refractivity contribution in [2.45, 2.75) is 11.5 Å². The zero-order chi connectivity index (χ0) is 13.4. The lowest BCUT2D eigenvalue weighted by Crippen LogP contribution is -2.15. The molecule has 0 unspecified atom stereocenters. The fraction of sp³-hybridized carbons (Fsp3) is 0.167. The van der Waals surface area contributed by atoms with Crippen LogP contribution in [0.4, 0.5) is 5.69 Å². The van der Waals surface area contributed by atoms with E-state index in [4.69, 9.17) is 0 Å². The topological polar surface area (TPSA) is 88.9 Å². The first-order chi connectivity index (χ1) is 9.15. The van der Waals surface area contributed by atoms with Crippen molar-refractivity contribution in [1.29, 1.82) is 0 Å². The predicted octanol–water partition coefficient (Wildman–Crippen LogP) is 2.09. The van der Waals surface area contributed by atoms with Crippen molar-refractivity contribution in [3.8, 4) is 11.4 Å². The molecular formula is C12H9N3O3S. The van der Waals surface area contributed by atoms with E-state index in [-0.39, 0.29) is 11.2 Å². The van der Waals surface area contributed by atoms with Gasteiger partial charge in [-0.2, -0.15) is 11.8 Å². The van der Waals surface area contributed by atoms with Crippen LogP contribution in [0.5, 0.6) is 0 Å². The highest BCUT2D eigenvalue weighted by atomic mass is 32.2. The van der Waals surface area contributed by atoms with Crippen LogP contribution in [0.15, 0.2) is 29.1 Å². The molecule has 3 rings (SSSR count). The van der Waals surface area contributed by atoms with Gasteiger partial charge in [0.2, 0.25) is 0 Å². The number of fused-ring (bicyclic) bond motifs is 1. The van der Waals surface area contributed by atoms with Gasteiger partial charge in [-0.25, -0.2) is 4.98 Å². The molecule has 1 aliphatic rings. The number of nitrogens with one attached hydrogen (secondary N) is 1. The lowest BCUT2D eigenvalue weighted by Gasteiger charge is -2.03. The number of thioether (sulfide) groups is 1. The molecule has 1 aliphatic heterocycles. The van der Waals surface area contributed by atoms with Crippen LogP contribution in [-0.4, -0.2) is 14.9 Å².